The minimum atomic E-state index is -2.17. The van der Waals surface area contributed by atoms with Crippen LogP contribution in [0, 0.1) is 6.92 Å². The third-order valence-corrected chi connectivity index (χ3v) is 0.183. The molecule has 0 saturated heterocycles. The molecule has 0 saturated carbocycles. The molecule has 10 heteroatoms. The minimum absolute atomic E-state index is 0. The summed E-state index contributed by atoms with van der Waals surface area (Å²) in [5.74, 6) is -3.65. The van der Waals surface area contributed by atoms with Gasteiger partial charge in [0.15, 0.2) is 0 Å². The van der Waals surface area contributed by atoms with Crippen LogP contribution in [0.4, 0.5) is 4.39 Å². The maximum atomic E-state index is 10.2. The van der Waals surface area contributed by atoms with Crippen LogP contribution in [-0.2, 0) is 9.59 Å². The Bertz CT molecular complexity index is 129. The molecule has 0 radical (unpaired) electrons. The van der Waals surface area contributed by atoms with Gasteiger partial charge in [0.1, 0.15) is 0 Å². The van der Waals surface area contributed by atoms with E-state index in [2.05, 4.69) is 6.92 Å². The van der Waals surface area contributed by atoms with Crippen molar-refractivity contribution in [1.29, 1.82) is 0 Å². The average Bonchev–Trinajstić information content (AvgIpc) is 1.87. The Morgan fingerprint density at radius 1 is 1.14 bits per heavy atom. The monoisotopic (exact) mass is 206 g/mol. The quantitative estimate of drug-likeness (QED) is 0.152. The molecule has 0 heterocycles. The number of carboxylic acids is 2. The molecule has 0 rings (SSSR count). The smallest absolute Gasteiger partial charge is 0.473 e. The van der Waals surface area contributed by atoms with E-state index >= 15 is 0 Å². The molecule has 0 atom stereocenters. The van der Waals surface area contributed by atoms with E-state index in [0.717, 1.165) is 0 Å². The van der Waals surface area contributed by atoms with Gasteiger partial charge in [0.05, 0.1) is 0 Å². The number of alkyl halides is 1. The Morgan fingerprint density at radius 2 is 1.21 bits per heavy atom. The first-order valence-electron chi connectivity index (χ1n) is 2.65. The predicted octanol–water partition coefficient (Wildman–Crippen LogP) is -5.10. The summed E-state index contributed by atoms with van der Waals surface area (Å²) in [4.78, 5) is 18.2. The van der Waals surface area contributed by atoms with Crippen LogP contribution in [0.15, 0.2) is 0 Å². The minimum Gasteiger partial charge on any atom is -0.473 e. The van der Waals surface area contributed by atoms with Gasteiger partial charge in [-0.2, -0.15) is 0 Å². The number of halogens is 1. The van der Waals surface area contributed by atoms with E-state index in [1.165, 1.54) is 0 Å². The van der Waals surface area contributed by atoms with Gasteiger partial charge in [-0.3, -0.25) is 4.39 Å². The fourth-order valence-electron chi connectivity index (χ4n) is 0. The van der Waals surface area contributed by atoms with Crippen LogP contribution in [0.5, 0.6) is 0 Å². The van der Waals surface area contributed by atoms with Crippen LogP contribution in [0.1, 0.15) is 0 Å². The molecule has 0 aromatic carbocycles. The number of hydrogen-bond donors (Lipinski definition) is 5. The van der Waals surface area contributed by atoms with Gasteiger partial charge in [-0.05, 0) is 6.67 Å². The number of carboxylic acid groups (broad SMARTS) is 2. The molecule has 7 nitrogen and oxygen atoms in total. The fraction of sp³-hybridized carbons (Fsp3) is 0.250. The molecule has 14 heavy (non-hydrogen) atoms. The summed E-state index contributed by atoms with van der Waals surface area (Å²) in [7, 11) is -2.17. The van der Waals surface area contributed by atoms with Crippen LogP contribution in [0.2, 0.25) is 0 Å². The van der Waals surface area contributed by atoms with Gasteiger partial charge in [-0.15, -0.1) is 0 Å². The zero-order valence-corrected chi connectivity index (χ0v) is 7.42. The summed E-state index contributed by atoms with van der Waals surface area (Å²) in [6.07, 6.45) is 0. The van der Waals surface area contributed by atoms with Crippen molar-refractivity contribution in [2.45, 2.75) is 0 Å². The summed E-state index contributed by atoms with van der Waals surface area (Å²) >= 11 is 0. The maximum Gasteiger partial charge on any atom is 1.00 e. The molecule has 0 aliphatic rings. The first kappa shape index (κ1) is 23.3. The molecule has 0 aromatic rings. The van der Waals surface area contributed by atoms with Crippen LogP contribution >= 0.6 is 0 Å². The molecule has 0 fully saturated rings. The van der Waals surface area contributed by atoms with Crippen LogP contribution in [0.3, 0.4) is 0 Å². The number of hydrogen-bond acceptors (Lipinski definition) is 5. The zero-order valence-electron chi connectivity index (χ0n) is 7.42. The third kappa shape index (κ3) is 106. The SMILES string of the molecule is O=C(O)C(=O)O.OB(O)O.[CH2-]CF.[Li+]. The second-order valence-electron chi connectivity index (χ2n) is 1.15. The van der Waals surface area contributed by atoms with E-state index in [9.17, 15) is 4.39 Å². The van der Waals surface area contributed by atoms with Crippen molar-refractivity contribution in [1.82, 2.24) is 0 Å². The van der Waals surface area contributed by atoms with Crippen molar-refractivity contribution in [3.8, 4) is 0 Å². The second-order valence-corrected chi connectivity index (χ2v) is 1.15. The Balaban J connectivity index is -0.0000000553. The van der Waals surface area contributed by atoms with E-state index in [1.807, 2.05) is 0 Å². The van der Waals surface area contributed by atoms with Crippen LogP contribution < -0.4 is 18.9 Å². The van der Waals surface area contributed by atoms with Gasteiger partial charge in [0, 0.05) is 0 Å². The molecule has 0 unspecified atom stereocenters. The van der Waals surface area contributed by atoms with E-state index in [1.54, 1.807) is 0 Å². The Labute approximate surface area is 91.5 Å². The average molecular weight is 206 g/mol. The molecule has 0 aromatic heterocycles. The van der Waals surface area contributed by atoms with Crippen molar-refractivity contribution in [3.63, 3.8) is 0 Å². The van der Waals surface area contributed by atoms with E-state index in [4.69, 9.17) is 34.9 Å². The first-order chi connectivity index (χ1) is 5.79. The van der Waals surface area contributed by atoms with Crippen molar-refractivity contribution in [3.05, 3.63) is 6.92 Å². The normalized spacial score (nSPS) is 6.36. The van der Waals surface area contributed by atoms with Gasteiger partial charge in [0.25, 0.3) is 0 Å². The molecule has 0 amide bonds. The largest absolute Gasteiger partial charge is 1.00 e. The first-order valence-corrected chi connectivity index (χ1v) is 2.65. The van der Waals surface area contributed by atoms with Gasteiger partial charge in [-0.25, -0.2) is 9.59 Å². The topological polar surface area (TPSA) is 135 Å². The van der Waals surface area contributed by atoms with Crippen molar-refractivity contribution in [2.75, 3.05) is 6.67 Å². The Kier molecular flexibility index (Phi) is 30.4. The fourth-order valence-corrected chi connectivity index (χ4v) is 0. The summed E-state index contributed by atoms with van der Waals surface area (Å²) in [6, 6.07) is 0. The summed E-state index contributed by atoms with van der Waals surface area (Å²) in [6.45, 7) is 2.32. The van der Waals surface area contributed by atoms with Crippen molar-refractivity contribution >= 4 is 19.3 Å². The van der Waals surface area contributed by atoms with Gasteiger partial charge in [-0.1, -0.05) is 0 Å². The molecule has 0 bridgehead atoms. The van der Waals surface area contributed by atoms with Gasteiger partial charge >= 0.3 is 38.1 Å². The number of rotatable bonds is 0. The zero-order chi connectivity index (χ0) is 11.4. The summed E-state index contributed by atoms with van der Waals surface area (Å²) in [5.41, 5.74) is 0. The Hall–Kier alpha value is -0.588. The van der Waals surface area contributed by atoms with Gasteiger partial charge in [0.2, 0.25) is 0 Å². The van der Waals surface area contributed by atoms with E-state index in [-0.39, 0.29) is 18.9 Å². The van der Waals surface area contributed by atoms with Crippen LogP contribution in [0.25, 0.3) is 0 Å². The molecule has 0 aliphatic heterocycles. The van der Waals surface area contributed by atoms with E-state index < -0.39 is 25.9 Å². The second kappa shape index (κ2) is 18.2. The molecular formula is C4H9BFLiO7. The molecule has 0 aliphatic carbocycles. The maximum absolute atomic E-state index is 10.2. The molecule has 0 spiro atoms. The third-order valence-electron chi connectivity index (χ3n) is 0.183. The summed E-state index contributed by atoms with van der Waals surface area (Å²) in [5, 5.41) is 36.3. The summed E-state index contributed by atoms with van der Waals surface area (Å²) < 4.78 is 10.2. The standard InChI is InChI=1S/C2H4F.C2H2O4.BH3O3.Li/c1-2-3;3-1(4)2(5)6;2-1(3)4;/h1-2H2;(H,3,4)(H,5,6);2-4H;/q-1;;;+1. The number of aliphatic carboxylic acids is 2. The van der Waals surface area contributed by atoms with Crippen molar-refractivity contribution in [2.24, 2.45) is 0 Å². The van der Waals surface area contributed by atoms with Crippen molar-refractivity contribution < 1.29 is 58.1 Å². The van der Waals surface area contributed by atoms with Gasteiger partial charge < -0.3 is 32.2 Å². The molecule has 5 N–H and O–H groups in total. The molecular weight excluding hydrogens is 197 g/mol. The predicted molar refractivity (Wildman–Crippen MR) is 39.0 cm³/mol. The molecule has 78 valence electrons. The Morgan fingerprint density at radius 3 is 1.21 bits per heavy atom. The van der Waals surface area contributed by atoms with E-state index in [0.29, 0.717) is 0 Å². The van der Waals surface area contributed by atoms with Crippen LogP contribution in [-0.4, -0.2) is 51.2 Å². The number of carbonyl (C=O) groups is 2.